The second kappa shape index (κ2) is 30.1. The number of carbonyl (C=O) groups is 3. The number of aliphatic carboxylic acids is 1. The molecule has 13 nitrogen and oxygen atoms in total. The molecular formula is C45H76NO12P. The van der Waals surface area contributed by atoms with E-state index in [4.69, 9.17) is 33.7 Å². The zero-order valence-corrected chi connectivity index (χ0v) is 37.7. The van der Waals surface area contributed by atoms with Gasteiger partial charge in [-0.3, -0.25) is 23.4 Å². The lowest BCUT2D eigenvalue weighted by Crippen LogP contribution is -2.34. The first kappa shape index (κ1) is 52.2. The number of carbonyl (C=O) groups excluding carboxylic acids is 2. The highest BCUT2D eigenvalue weighted by Crippen LogP contribution is 2.43. The van der Waals surface area contributed by atoms with Crippen LogP contribution in [0.3, 0.4) is 0 Å². The van der Waals surface area contributed by atoms with Crippen molar-refractivity contribution in [2.75, 3.05) is 19.8 Å². The molecule has 59 heavy (non-hydrogen) atoms. The molecule has 0 saturated heterocycles. The molecule has 0 aliphatic heterocycles. The zero-order chi connectivity index (χ0) is 43.5. The fraction of sp³-hybridized carbons (Fsp3) is 0.756. The van der Waals surface area contributed by atoms with E-state index in [0.29, 0.717) is 12.8 Å². The van der Waals surface area contributed by atoms with Gasteiger partial charge in [-0.1, -0.05) is 90.9 Å². The molecule has 338 valence electrons. The smallest absolute Gasteiger partial charge is 0.472 e. The third-order valence-corrected chi connectivity index (χ3v) is 11.6. The van der Waals surface area contributed by atoms with E-state index in [1.54, 1.807) is 0 Å². The van der Waals surface area contributed by atoms with Gasteiger partial charge in [0, 0.05) is 38.5 Å². The summed E-state index contributed by atoms with van der Waals surface area (Å²) in [7, 11) is -4.74. The van der Waals surface area contributed by atoms with Crippen molar-refractivity contribution < 1.29 is 56.3 Å². The Morgan fingerprint density at radius 1 is 0.644 bits per heavy atom. The largest absolute Gasteiger partial charge is 0.480 e. The third kappa shape index (κ3) is 23.0. The fourth-order valence-corrected chi connectivity index (χ4v) is 7.72. The van der Waals surface area contributed by atoms with Crippen LogP contribution in [0.5, 0.6) is 0 Å². The predicted octanol–water partition coefficient (Wildman–Crippen LogP) is 10.5. The highest BCUT2D eigenvalue weighted by Gasteiger charge is 2.28. The Morgan fingerprint density at radius 2 is 1.12 bits per heavy atom. The van der Waals surface area contributed by atoms with Gasteiger partial charge in [0.2, 0.25) is 0 Å². The molecule has 0 bridgehead atoms. The van der Waals surface area contributed by atoms with Crippen LogP contribution in [0.2, 0.25) is 0 Å². The molecule has 0 spiro atoms. The summed E-state index contributed by atoms with van der Waals surface area (Å²) in [5.41, 5.74) is 9.18. The van der Waals surface area contributed by atoms with Crippen molar-refractivity contribution in [1.29, 1.82) is 0 Å². The van der Waals surface area contributed by atoms with Gasteiger partial charge in [-0.05, 0) is 82.1 Å². The number of hydrogen-bond acceptors (Lipinski definition) is 11. The second-order valence-corrected chi connectivity index (χ2v) is 17.4. The third-order valence-electron chi connectivity index (χ3n) is 10.6. The number of phosphoric ester groups is 1. The van der Waals surface area contributed by atoms with Gasteiger partial charge in [-0.15, -0.1) is 0 Å². The van der Waals surface area contributed by atoms with Crippen LogP contribution in [0, 0.1) is 20.8 Å². The van der Waals surface area contributed by atoms with Gasteiger partial charge >= 0.3 is 25.7 Å². The van der Waals surface area contributed by atoms with Crippen LogP contribution in [-0.4, -0.2) is 59.9 Å². The lowest BCUT2D eigenvalue weighted by atomic mass is 10.0. The summed E-state index contributed by atoms with van der Waals surface area (Å²) in [6.07, 6.45) is 21.6. The number of esters is 2. The maximum Gasteiger partial charge on any atom is 0.472 e. The van der Waals surface area contributed by atoms with E-state index < -0.39 is 51.1 Å². The average Bonchev–Trinajstić information content (AvgIpc) is 3.68. The maximum absolute atomic E-state index is 12.7. The highest BCUT2D eigenvalue weighted by molar-refractivity contribution is 7.47. The normalized spacial score (nSPS) is 13.6. The molecule has 14 heteroatoms. The van der Waals surface area contributed by atoms with Crippen LogP contribution in [0.4, 0.5) is 0 Å². The Labute approximate surface area is 353 Å². The Bertz CT molecular complexity index is 1530. The minimum Gasteiger partial charge on any atom is -0.480 e. The Balaban J connectivity index is 1.64. The van der Waals surface area contributed by atoms with E-state index in [0.717, 1.165) is 151 Å². The number of unbranched alkanes of at least 4 members (excludes halogenated alkanes) is 14. The molecule has 2 aromatic rings. The number of nitrogens with two attached hydrogens (primary N) is 1. The van der Waals surface area contributed by atoms with E-state index in [-0.39, 0.29) is 19.4 Å². The first-order valence-electron chi connectivity index (χ1n) is 22.4. The molecule has 0 saturated carbocycles. The van der Waals surface area contributed by atoms with Crippen LogP contribution in [0.15, 0.2) is 14.9 Å². The highest BCUT2D eigenvalue weighted by atomic mass is 31.2. The van der Waals surface area contributed by atoms with Crippen molar-refractivity contribution in [3.63, 3.8) is 0 Å². The lowest BCUT2D eigenvalue weighted by Gasteiger charge is -2.20. The lowest BCUT2D eigenvalue weighted by molar-refractivity contribution is -0.161. The molecule has 0 aromatic carbocycles. The van der Waals surface area contributed by atoms with Crippen molar-refractivity contribution in [2.45, 2.75) is 201 Å². The maximum atomic E-state index is 12.7. The molecule has 3 atom stereocenters. The van der Waals surface area contributed by atoms with E-state index in [1.165, 1.54) is 16.7 Å². The molecule has 2 aromatic heterocycles. The molecule has 0 radical (unpaired) electrons. The molecule has 4 N–H and O–H groups in total. The average molecular weight is 854 g/mol. The summed E-state index contributed by atoms with van der Waals surface area (Å²) in [4.78, 5) is 46.2. The van der Waals surface area contributed by atoms with Crippen molar-refractivity contribution in [1.82, 2.24) is 0 Å². The monoisotopic (exact) mass is 854 g/mol. The van der Waals surface area contributed by atoms with Crippen LogP contribution in [-0.2, 0) is 63.2 Å². The molecule has 0 aliphatic rings. The molecular weight excluding hydrogens is 777 g/mol. The van der Waals surface area contributed by atoms with Gasteiger partial charge in [0.1, 0.15) is 35.7 Å². The minimum absolute atomic E-state index is 0.136. The van der Waals surface area contributed by atoms with Crippen LogP contribution < -0.4 is 5.73 Å². The SMILES string of the molecule is CCCc1cc(C)c(CCCCCCCCCCC(=O)OCC(COP(=O)(O)OCC(N)C(=O)O)OC(=O)CCCCCCCCCCc2oc(CCC)c(C)c2C)o1. The zero-order valence-electron chi connectivity index (χ0n) is 36.8. The first-order chi connectivity index (χ1) is 28.3. The van der Waals surface area contributed by atoms with E-state index in [2.05, 4.69) is 45.2 Å². The minimum atomic E-state index is -4.74. The summed E-state index contributed by atoms with van der Waals surface area (Å²) in [6, 6.07) is 0.628. The van der Waals surface area contributed by atoms with Gasteiger partial charge in [-0.25, -0.2) is 4.57 Å². The first-order valence-corrected chi connectivity index (χ1v) is 23.9. The molecule has 2 heterocycles. The van der Waals surface area contributed by atoms with Crippen LogP contribution in [0.1, 0.15) is 182 Å². The summed E-state index contributed by atoms with van der Waals surface area (Å²) in [5.74, 6) is 2.02. The van der Waals surface area contributed by atoms with Gasteiger partial charge in [0.25, 0.3) is 0 Å². The summed E-state index contributed by atoms with van der Waals surface area (Å²) in [6.45, 7) is 9.01. The number of carboxylic acid groups (broad SMARTS) is 1. The molecule has 3 unspecified atom stereocenters. The summed E-state index contributed by atoms with van der Waals surface area (Å²) >= 11 is 0. The quantitative estimate of drug-likeness (QED) is 0.0333. The Kier molecular flexibility index (Phi) is 26.6. The Hall–Kier alpha value is -2.96. The van der Waals surface area contributed by atoms with Crippen molar-refractivity contribution in [3.05, 3.63) is 45.8 Å². The fourth-order valence-electron chi connectivity index (χ4n) is 6.94. The van der Waals surface area contributed by atoms with Gasteiger partial charge in [0.15, 0.2) is 6.10 Å². The predicted molar refractivity (Wildman–Crippen MR) is 228 cm³/mol. The molecule has 0 aliphatic carbocycles. The molecule has 2 rings (SSSR count). The van der Waals surface area contributed by atoms with E-state index in [9.17, 15) is 23.8 Å². The second-order valence-electron chi connectivity index (χ2n) is 16.0. The standard InChI is InChI=1S/C45H76NO12P/c1-6-24-37-30-34(3)40(56-37)26-20-16-12-8-10-14-18-22-28-43(47)53-31-38(32-54-59(51,52)55-33-39(46)45(49)50)57-44(48)29-23-19-15-11-9-13-17-21-27-42-36(5)35(4)41(58-42)25-7-2/h30,38-39H,6-29,31-33,46H2,1-5H3,(H,49,50)(H,51,52). The van der Waals surface area contributed by atoms with Crippen molar-refractivity contribution in [2.24, 2.45) is 5.73 Å². The number of hydrogen-bond donors (Lipinski definition) is 3. The number of ether oxygens (including phenoxy) is 2. The molecule has 0 amide bonds. The van der Waals surface area contributed by atoms with Crippen molar-refractivity contribution >= 4 is 25.7 Å². The Morgan fingerprint density at radius 3 is 1.66 bits per heavy atom. The number of carboxylic acids is 1. The van der Waals surface area contributed by atoms with Crippen molar-refractivity contribution in [3.8, 4) is 0 Å². The number of furan rings is 2. The van der Waals surface area contributed by atoms with E-state index in [1.807, 2.05) is 0 Å². The van der Waals surface area contributed by atoms with E-state index >= 15 is 0 Å². The van der Waals surface area contributed by atoms with Crippen LogP contribution in [0.25, 0.3) is 0 Å². The molecule has 0 fully saturated rings. The van der Waals surface area contributed by atoms with Gasteiger partial charge in [-0.2, -0.15) is 0 Å². The number of aryl methyl sites for hydroxylation is 5. The topological polar surface area (TPSA) is 198 Å². The number of phosphoric acid groups is 1. The van der Waals surface area contributed by atoms with Gasteiger partial charge in [0.05, 0.1) is 13.2 Å². The van der Waals surface area contributed by atoms with Crippen LogP contribution >= 0.6 is 7.82 Å². The summed E-state index contributed by atoms with van der Waals surface area (Å²) in [5, 5.41) is 8.91. The number of rotatable bonds is 36. The van der Waals surface area contributed by atoms with Gasteiger partial charge < -0.3 is 34.0 Å². The summed E-state index contributed by atoms with van der Waals surface area (Å²) < 4.78 is 44.9.